The number of imidazole rings is 1. The Kier molecular flexibility index (Phi) is 3.49. The van der Waals surface area contributed by atoms with E-state index < -0.39 is 0 Å². The molecule has 0 aliphatic carbocycles. The predicted octanol–water partition coefficient (Wildman–Crippen LogP) is 1.49. The molecular weight excluding hydrogens is 312 g/mol. The van der Waals surface area contributed by atoms with E-state index in [2.05, 4.69) is 41.1 Å². The second kappa shape index (κ2) is 5.65. The van der Waals surface area contributed by atoms with Crippen molar-refractivity contribution in [3.63, 3.8) is 0 Å². The molecule has 3 aromatic rings. The van der Waals surface area contributed by atoms with Crippen LogP contribution in [0, 0.1) is 6.92 Å². The van der Waals surface area contributed by atoms with E-state index in [4.69, 9.17) is 0 Å². The summed E-state index contributed by atoms with van der Waals surface area (Å²) in [5, 5.41) is 8.42. The average Bonchev–Trinajstić information content (AvgIpc) is 3.22. The Morgan fingerprint density at radius 2 is 2.22 bits per heavy atom. The number of rotatable bonds is 4. The monoisotopic (exact) mass is 328 g/mol. The molecule has 4 heterocycles. The number of nitrogens with zero attached hydrogens (tertiary/aromatic N) is 7. The van der Waals surface area contributed by atoms with Crippen LogP contribution in [0.25, 0.3) is 11.5 Å². The smallest absolute Gasteiger partial charge is 0.223 e. The molecule has 0 aromatic carbocycles. The van der Waals surface area contributed by atoms with E-state index in [0.717, 1.165) is 40.2 Å². The Morgan fingerprint density at radius 1 is 1.30 bits per heavy atom. The third-order valence-corrected chi connectivity index (χ3v) is 4.65. The zero-order valence-electron chi connectivity index (χ0n) is 12.9. The minimum atomic E-state index is 0.564. The molecule has 8 nitrogen and oxygen atoms in total. The van der Waals surface area contributed by atoms with Gasteiger partial charge in [0.1, 0.15) is 12.0 Å². The number of anilines is 1. The predicted molar refractivity (Wildman–Crippen MR) is 87.0 cm³/mol. The average molecular weight is 328 g/mol. The molecule has 0 radical (unpaired) electrons. The molecule has 23 heavy (non-hydrogen) atoms. The molecule has 0 bridgehead atoms. The first-order chi connectivity index (χ1) is 11.2. The Bertz CT molecular complexity index is 831. The summed E-state index contributed by atoms with van der Waals surface area (Å²) < 4.78 is 3.89. The van der Waals surface area contributed by atoms with Gasteiger partial charge in [-0.1, -0.05) is 11.8 Å². The summed E-state index contributed by atoms with van der Waals surface area (Å²) in [6, 6.07) is 0. The van der Waals surface area contributed by atoms with Gasteiger partial charge >= 0.3 is 0 Å². The van der Waals surface area contributed by atoms with Crippen LogP contribution in [0.5, 0.6) is 0 Å². The molecule has 1 aliphatic rings. The third kappa shape index (κ3) is 2.67. The lowest BCUT2D eigenvalue weighted by atomic mass is 10.2. The molecule has 118 valence electrons. The lowest BCUT2D eigenvalue weighted by Crippen LogP contribution is -2.07. The summed E-state index contributed by atoms with van der Waals surface area (Å²) in [6.07, 6.45) is 5.40. The summed E-state index contributed by atoms with van der Waals surface area (Å²) in [6.45, 7) is 3.59. The van der Waals surface area contributed by atoms with Gasteiger partial charge < -0.3 is 9.88 Å². The summed E-state index contributed by atoms with van der Waals surface area (Å²) >= 11 is 1.79. The third-order valence-electron chi connectivity index (χ3n) is 3.68. The number of thioether (sulfide) groups is 1. The van der Waals surface area contributed by atoms with Crippen molar-refractivity contribution in [2.75, 3.05) is 11.1 Å². The van der Waals surface area contributed by atoms with Gasteiger partial charge in [-0.15, -0.1) is 0 Å². The van der Waals surface area contributed by atoms with Gasteiger partial charge in [-0.25, -0.2) is 24.6 Å². The number of aryl methyl sites for hydroxylation is 3. The Balaban J connectivity index is 1.54. The number of hydrogen-bond donors (Lipinski definition) is 1. The maximum absolute atomic E-state index is 4.59. The molecule has 0 spiro atoms. The number of nitrogens with one attached hydrogen (secondary N) is 1. The highest BCUT2D eigenvalue weighted by Crippen LogP contribution is 2.25. The molecule has 0 saturated heterocycles. The fourth-order valence-corrected chi connectivity index (χ4v) is 3.44. The summed E-state index contributed by atoms with van der Waals surface area (Å²) in [5.41, 5.74) is 2.74. The fourth-order valence-electron chi connectivity index (χ4n) is 2.48. The van der Waals surface area contributed by atoms with Crippen molar-refractivity contribution in [1.82, 2.24) is 34.3 Å². The van der Waals surface area contributed by atoms with Crippen molar-refractivity contribution in [3.8, 4) is 11.5 Å². The summed E-state index contributed by atoms with van der Waals surface area (Å²) in [5.74, 6) is 2.40. The van der Waals surface area contributed by atoms with Crippen LogP contribution in [-0.4, -0.2) is 40.0 Å². The van der Waals surface area contributed by atoms with Gasteiger partial charge in [0.2, 0.25) is 5.95 Å². The largest absolute Gasteiger partial charge is 0.348 e. The SMILES string of the molecule is Cc1cnc(NCc2cn3c(n2)SCC3)nc1-c1ncnn1C. The van der Waals surface area contributed by atoms with Crippen LogP contribution >= 0.6 is 11.8 Å². The molecule has 0 fully saturated rings. The highest BCUT2D eigenvalue weighted by atomic mass is 32.2. The molecule has 1 aliphatic heterocycles. The van der Waals surface area contributed by atoms with E-state index in [1.165, 1.54) is 6.33 Å². The van der Waals surface area contributed by atoms with E-state index in [1.807, 2.05) is 14.0 Å². The molecular formula is C14H16N8S. The van der Waals surface area contributed by atoms with Gasteiger partial charge in [0.05, 0.1) is 12.2 Å². The van der Waals surface area contributed by atoms with Crippen LogP contribution in [0.15, 0.2) is 23.9 Å². The van der Waals surface area contributed by atoms with Crippen LogP contribution < -0.4 is 5.32 Å². The van der Waals surface area contributed by atoms with Gasteiger partial charge in [-0.3, -0.25) is 0 Å². The molecule has 9 heteroatoms. The molecule has 1 N–H and O–H groups in total. The maximum atomic E-state index is 4.59. The van der Waals surface area contributed by atoms with E-state index >= 15 is 0 Å². The van der Waals surface area contributed by atoms with Crippen LogP contribution in [0.3, 0.4) is 0 Å². The van der Waals surface area contributed by atoms with E-state index in [0.29, 0.717) is 12.5 Å². The lowest BCUT2D eigenvalue weighted by molar-refractivity contribution is 0.719. The number of aromatic nitrogens is 7. The van der Waals surface area contributed by atoms with E-state index in [1.54, 1.807) is 22.6 Å². The van der Waals surface area contributed by atoms with Crippen molar-refractivity contribution in [3.05, 3.63) is 30.0 Å². The highest BCUT2D eigenvalue weighted by molar-refractivity contribution is 7.99. The fraction of sp³-hybridized carbons (Fsp3) is 0.357. The standard InChI is InChI=1S/C14H16N8S/c1-9-5-15-13(20-11(9)12-17-8-18-21(12)2)16-6-10-7-22-3-4-23-14(22)19-10/h5,7-8H,3-4,6H2,1-2H3,(H,15,16,20). The first-order valence-corrected chi connectivity index (χ1v) is 8.30. The zero-order valence-corrected chi connectivity index (χ0v) is 13.7. The van der Waals surface area contributed by atoms with Crippen molar-refractivity contribution < 1.29 is 0 Å². The normalized spacial score (nSPS) is 13.3. The summed E-state index contributed by atoms with van der Waals surface area (Å²) in [4.78, 5) is 17.8. The van der Waals surface area contributed by atoms with Gasteiger partial charge in [0.15, 0.2) is 11.0 Å². The number of hydrogen-bond acceptors (Lipinski definition) is 7. The maximum Gasteiger partial charge on any atom is 0.223 e. The Labute approximate surface area is 137 Å². The Morgan fingerprint density at radius 3 is 3.00 bits per heavy atom. The topological polar surface area (TPSA) is 86.3 Å². The minimum Gasteiger partial charge on any atom is -0.348 e. The van der Waals surface area contributed by atoms with Gasteiger partial charge in [-0.05, 0) is 12.5 Å². The van der Waals surface area contributed by atoms with Crippen molar-refractivity contribution in [2.24, 2.45) is 7.05 Å². The van der Waals surface area contributed by atoms with Gasteiger partial charge in [0, 0.05) is 31.7 Å². The van der Waals surface area contributed by atoms with Crippen molar-refractivity contribution in [1.29, 1.82) is 0 Å². The second-order valence-corrected chi connectivity index (χ2v) is 6.40. The Hall–Kier alpha value is -2.42. The molecule has 0 amide bonds. The van der Waals surface area contributed by atoms with Crippen molar-refractivity contribution in [2.45, 2.75) is 25.2 Å². The van der Waals surface area contributed by atoms with Crippen LogP contribution in [0.2, 0.25) is 0 Å². The molecule has 3 aromatic heterocycles. The lowest BCUT2D eigenvalue weighted by Gasteiger charge is -2.07. The van der Waals surface area contributed by atoms with Crippen LogP contribution in [-0.2, 0) is 20.1 Å². The van der Waals surface area contributed by atoms with Gasteiger partial charge in [0.25, 0.3) is 0 Å². The number of fused-ring (bicyclic) bond motifs is 1. The molecule has 0 saturated carbocycles. The van der Waals surface area contributed by atoms with Crippen LogP contribution in [0.1, 0.15) is 11.3 Å². The zero-order chi connectivity index (χ0) is 15.8. The first-order valence-electron chi connectivity index (χ1n) is 7.31. The van der Waals surface area contributed by atoms with Crippen molar-refractivity contribution >= 4 is 17.7 Å². The molecule has 4 rings (SSSR count). The van der Waals surface area contributed by atoms with E-state index in [9.17, 15) is 0 Å². The second-order valence-electron chi connectivity index (χ2n) is 5.34. The molecule has 0 atom stereocenters. The first kappa shape index (κ1) is 14.2. The molecule has 0 unspecified atom stereocenters. The summed E-state index contributed by atoms with van der Waals surface area (Å²) in [7, 11) is 1.85. The van der Waals surface area contributed by atoms with Crippen LogP contribution in [0.4, 0.5) is 5.95 Å². The minimum absolute atomic E-state index is 0.564. The van der Waals surface area contributed by atoms with Gasteiger partial charge in [-0.2, -0.15) is 5.10 Å². The van der Waals surface area contributed by atoms with E-state index in [-0.39, 0.29) is 0 Å². The highest BCUT2D eigenvalue weighted by Gasteiger charge is 2.15. The quantitative estimate of drug-likeness (QED) is 0.776.